The van der Waals surface area contributed by atoms with E-state index in [0.717, 1.165) is 167 Å². The van der Waals surface area contributed by atoms with Crippen LogP contribution in [0.25, 0.3) is 0 Å². The number of hydrogen-bond acceptors (Lipinski definition) is 15. The summed E-state index contributed by atoms with van der Waals surface area (Å²) < 4.78 is 68.4. The van der Waals surface area contributed by atoms with Gasteiger partial charge in [0.05, 0.1) is 26.4 Å². The molecule has 0 spiro atoms. The van der Waals surface area contributed by atoms with Crippen molar-refractivity contribution in [2.45, 2.75) is 341 Å². The first-order chi connectivity index (χ1) is 48.7. The van der Waals surface area contributed by atoms with Gasteiger partial charge in [-0.2, -0.15) is 0 Å². The Morgan fingerprint density at radius 2 is 0.520 bits per heavy atom. The number of carbonyl (C=O) groups excluding carboxylic acids is 4. The highest BCUT2D eigenvalue weighted by atomic mass is 31.2. The van der Waals surface area contributed by atoms with E-state index >= 15 is 0 Å². The molecule has 5 atom stereocenters. The van der Waals surface area contributed by atoms with Gasteiger partial charge in [-0.1, -0.05) is 298 Å². The van der Waals surface area contributed by atoms with Crippen LogP contribution >= 0.6 is 15.6 Å². The van der Waals surface area contributed by atoms with E-state index in [2.05, 4.69) is 137 Å². The predicted octanol–water partition coefficient (Wildman–Crippen LogP) is 22.6. The topological polar surface area (TPSA) is 237 Å². The normalized spacial score (nSPS) is 14.5. The van der Waals surface area contributed by atoms with E-state index in [1.165, 1.54) is 77.0 Å². The van der Waals surface area contributed by atoms with Crippen LogP contribution in [0.5, 0.6) is 0 Å². The van der Waals surface area contributed by atoms with Crippen molar-refractivity contribution in [3.05, 3.63) is 109 Å². The summed E-state index contributed by atoms with van der Waals surface area (Å²) in [5.74, 6) is -2.21. The minimum atomic E-state index is -4.98. The molecule has 0 rings (SSSR count). The zero-order valence-electron chi connectivity index (χ0n) is 62.8. The number of carbonyl (C=O) groups is 4. The minimum absolute atomic E-state index is 0.0891. The van der Waals surface area contributed by atoms with E-state index in [4.69, 9.17) is 37.0 Å². The van der Waals surface area contributed by atoms with Crippen LogP contribution in [0.3, 0.4) is 0 Å². The molecule has 0 heterocycles. The van der Waals surface area contributed by atoms with E-state index in [1.807, 2.05) is 0 Å². The Labute approximate surface area is 607 Å². The van der Waals surface area contributed by atoms with Gasteiger partial charge in [-0.05, 0) is 109 Å². The molecule has 0 aromatic heterocycles. The number of aliphatic hydroxyl groups excluding tert-OH is 1. The second-order valence-corrected chi connectivity index (χ2v) is 28.8. The van der Waals surface area contributed by atoms with Crippen LogP contribution in [-0.4, -0.2) is 96.7 Å². The average Bonchev–Trinajstić information content (AvgIpc) is 0.953. The fourth-order valence-electron chi connectivity index (χ4n) is 10.4. The van der Waals surface area contributed by atoms with Crippen LogP contribution in [0.1, 0.15) is 323 Å². The molecule has 0 radical (unpaired) electrons. The first kappa shape index (κ1) is 95.7. The van der Waals surface area contributed by atoms with Crippen LogP contribution in [0.4, 0.5) is 0 Å². The molecule has 5 unspecified atom stereocenters. The Kier molecular flexibility index (Phi) is 69.9. The van der Waals surface area contributed by atoms with Gasteiger partial charge in [-0.15, -0.1) is 0 Å². The van der Waals surface area contributed by atoms with Gasteiger partial charge in [0.25, 0.3) is 0 Å². The fourth-order valence-corrected chi connectivity index (χ4v) is 11.9. The Morgan fingerprint density at radius 3 is 0.810 bits per heavy atom. The Bertz CT molecular complexity index is 2320. The summed E-state index contributed by atoms with van der Waals surface area (Å²) in [5, 5.41) is 10.6. The third-order valence-electron chi connectivity index (χ3n) is 16.3. The van der Waals surface area contributed by atoms with E-state index in [-0.39, 0.29) is 25.7 Å². The predicted molar refractivity (Wildman–Crippen MR) is 408 cm³/mol. The summed E-state index contributed by atoms with van der Waals surface area (Å²) in [6.07, 6.45) is 77.9. The van der Waals surface area contributed by atoms with Crippen molar-refractivity contribution in [1.82, 2.24) is 0 Å². The van der Waals surface area contributed by atoms with Gasteiger partial charge in [-0.25, -0.2) is 9.13 Å². The zero-order valence-corrected chi connectivity index (χ0v) is 64.6. The van der Waals surface area contributed by atoms with Gasteiger partial charge in [-0.3, -0.25) is 37.3 Å². The van der Waals surface area contributed by atoms with E-state index in [9.17, 15) is 43.2 Å². The SMILES string of the molecule is CC/C=C\C/C=C\C/C=C\C/C=C\C/C=C\CCCCCC(=O)OCC(COP(=O)(O)OCC(O)COP(=O)(O)OCC(COC(=O)CCCCCCCC/C=C\C/C=C\C/C=C\C/C=C\CC)OC(=O)CCCCCCCCCCCCC)OC(=O)CCCCCCCCCCCCC. The molecule has 0 amide bonds. The number of rotatable bonds is 73. The Hall–Kier alpha value is -4.28. The van der Waals surface area contributed by atoms with Crippen LogP contribution in [0.15, 0.2) is 109 Å². The molecule has 0 aromatic carbocycles. The quantitative estimate of drug-likeness (QED) is 0.0169. The standard InChI is InChI=1S/C81H140O17P2/c1-5-9-13-17-21-25-29-31-33-35-37-39-41-43-47-49-53-57-61-65-78(83)91-71-76(97-80(85)67-63-59-55-51-45-27-23-19-15-11-7-3)73-95-99(87,88)93-69-75(82)70-94-100(89,90)96-74-77(98-81(86)68-64-60-56-52-46-28-24-20-16-12-8-4)72-92-79(84)66-62-58-54-50-48-44-42-40-38-36-34-32-30-26-22-18-14-10-6-2/h9-10,13-14,21-22,25-26,31-34,37-40,43,47,75-77,82H,5-8,11-12,15-20,23-24,27-30,35-36,41-42,44-46,48-74H2,1-4H3,(H,87,88)(H,89,90)/b13-9-,14-10-,25-21-,26-22-,33-31-,34-32-,39-37-,40-38-,47-43-. The van der Waals surface area contributed by atoms with E-state index < -0.39 is 97.5 Å². The largest absolute Gasteiger partial charge is 0.472 e. The van der Waals surface area contributed by atoms with Crippen molar-refractivity contribution in [3.8, 4) is 0 Å². The molecule has 0 bridgehead atoms. The number of unbranched alkanes of at least 4 members (excludes halogenated alkanes) is 29. The summed E-state index contributed by atoms with van der Waals surface area (Å²) in [7, 11) is -9.95. The molecule has 0 saturated carbocycles. The van der Waals surface area contributed by atoms with E-state index in [1.54, 1.807) is 0 Å². The highest BCUT2D eigenvalue weighted by Gasteiger charge is 2.30. The maximum Gasteiger partial charge on any atom is 0.472 e. The van der Waals surface area contributed by atoms with Crippen molar-refractivity contribution in [2.75, 3.05) is 39.6 Å². The van der Waals surface area contributed by atoms with Crippen molar-refractivity contribution < 1.29 is 80.2 Å². The molecule has 0 aliphatic rings. The van der Waals surface area contributed by atoms with Gasteiger partial charge >= 0.3 is 39.5 Å². The molecule has 0 saturated heterocycles. The highest BCUT2D eigenvalue weighted by Crippen LogP contribution is 2.45. The van der Waals surface area contributed by atoms with Gasteiger partial charge in [0.15, 0.2) is 12.2 Å². The molecular weight excluding hydrogens is 1310 g/mol. The zero-order chi connectivity index (χ0) is 73.2. The number of hydrogen-bond donors (Lipinski definition) is 3. The number of phosphoric ester groups is 2. The molecule has 0 aromatic rings. The van der Waals surface area contributed by atoms with Crippen molar-refractivity contribution in [3.63, 3.8) is 0 Å². The summed E-state index contributed by atoms with van der Waals surface area (Å²) in [4.78, 5) is 72.8. The van der Waals surface area contributed by atoms with Gasteiger partial charge in [0, 0.05) is 25.7 Å². The van der Waals surface area contributed by atoms with Gasteiger partial charge < -0.3 is 33.8 Å². The van der Waals surface area contributed by atoms with Crippen LogP contribution in [0.2, 0.25) is 0 Å². The Morgan fingerprint density at radius 1 is 0.290 bits per heavy atom. The lowest BCUT2D eigenvalue weighted by molar-refractivity contribution is -0.161. The second-order valence-electron chi connectivity index (χ2n) is 25.9. The first-order valence-corrected chi connectivity index (χ1v) is 42.1. The van der Waals surface area contributed by atoms with Crippen molar-refractivity contribution in [2.24, 2.45) is 0 Å². The van der Waals surface area contributed by atoms with Crippen LogP contribution in [-0.2, 0) is 65.4 Å². The molecule has 19 heteroatoms. The summed E-state index contributed by atoms with van der Waals surface area (Å²) >= 11 is 0. The number of esters is 4. The smallest absolute Gasteiger partial charge is 0.462 e. The molecule has 0 aliphatic carbocycles. The Balaban J connectivity index is 5.30. The number of aliphatic hydroxyl groups is 1. The molecule has 17 nitrogen and oxygen atoms in total. The molecule has 0 fully saturated rings. The maximum atomic E-state index is 13.1. The van der Waals surface area contributed by atoms with Crippen LogP contribution < -0.4 is 0 Å². The lowest BCUT2D eigenvalue weighted by Gasteiger charge is -2.21. The molecule has 0 aliphatic heterocycles. The first-order valence-electron chi connectivity index (χ1n) is 39.1. The summed E-state index contributed by atoms with van der Waals surface area (Å²) in [6, 6.07) is 0. The molecule has 576 valence electrons. The van der Waals surface area contributed by atoms with Gasteiger partial charge in [0.2, 0.25) is 0 Å². The minimum Gasteiger partial charge on any atom is -0.462 e. The lowest BCUT2D eigenvalue weighted by Crippen LogP contribution is -2.30. The number of phosphoric acid groups is 2. The average molecular weight is 1450 g/mol. The van der Waals surface area contributed by atoms with E-state index in [0.29, 0.717) is 25.7 Å². The second kappa shape index (κ2) is 73.0. The highest BCUT2D eigenvalue weighted by molar-refractivity contribution is 7.47. The number of allylic oxidation sites excluding steroid dienone is 18. The van der Waals surface area contributed by atoms with Gasteiger partial charge in [0.1, 0.15) is 19.3 Å². The molecular formula is C81H140O17P2. The third kappa shape index (κ3) is 72.1. The summed E-state index contributed by atoms with van der Waals surface area (Å²) in [6.45, 7) is 4.60. The third-order valence-corrected chi connectivity index (χ3v) is 18.2. The molecule has 3 N–H and O–H groups in total. The monoisotopic (exact) mass is 1450 g/mol. The van der Waals surface area contributed by atoms with Crippen molar-refractivity contribution >= 4 is 39.5 Å². The van der Waals surface area contributed by atoms with Crippen LogP contribution in [0, 0.1) is 0 Å². The maximum absolute atomic E-state index is 13.1. The lowest BCUT2D eigenvalue weighted by atomic mass is 10.1. The van der Waals surface area contributed by atoms with Crippen molar-refractivity contribution in [1.29, 1.82) is 0 Å². The summed E-state index contributed by atoms with van der Waals surface area (Å²) in [5.41, 5.74) is 0. The fraction of sp³-hybridized carbons (Fsp3) is 0.728. The molecule has 100 heavy (non-hydrogen) atoms. The number of ether oxygens (including phenoxy) is 4.